The van der Waals surface area contributed by atoms with E-state index >= 15 is 0 Å². The normalized spacial score (nSPS) is 11.0. The third kappa shape index (κ3) is 16.9. The molecule has 1 N–H and O–H groups in total. The predicted molar refractivity (Wildman–Crippen MR) is 87.0 cm³/mol. The molecule has 0 aliphatic heterocycles. The van der Waals surface area contributed by atoms with Gasteiger partial charge >= 0.3 is 5.97 Å². The van der Waals surface area contributed by atoms with Crippen LogP contribution >= 0.6 is 0 Å². The van der Waals surface area contributed by atoms with E-state index in [0.29, 0.717) is 6.42 Å². The number of aliphatic carboxylic acids is 1. The first-order valence-corrected chi connectivity index (χ1v) is 8.26. The summed E-state index contributed by atoms with van der Waals surface area (Å²) in [6, 6.07) is 0. The number of allylic oxidation sites excluding steroid dienone is 3. The maximum Gasteiger partial charge on any atom is 0.303 e. The molecule has 0 atom stereocenters. The van der Waals surface area contributed by atoms with Gasteiger partial charge in [-0.25, -0.2) is 0 Å². The number of carboxylic acid groups (broad SMARTS) is 1. The Morgan fingerprint density at radius 1 is 0.800 bits per heavy atom. The molecule has 0 aromatic heterocycles. The molecule has 2 heteroatoms. The van der Waals surface area contributed by atoms with E-state index in [9.17, 15) is 4.79 Å². The zero-order chi connectivity index (χ0) is 14.9. The van der Waals surface area contributed by atoms with E-state index in [1.807, 2.05) is 12.2 Å². The average molecular weight is 280 g/mol. The second-order valence-corrected chi connectivity index (χ2v) is 5.49. The van der Waals surface area contributed by atoms with Crippen molar-refractivity contribution in [3.63, 3.8) is 0 Å². The van der Waals surface area contributed by atoms with Crippen molar-refractivity contribution < 1.29 is 9.90 Å². The third-order valence-electron chi connectivity index (χ3n) is 3.53. The van der Waals surface area contributed by atoms with Gasteiger partial charge in [-0.3, -0.25) is 4.79 Å². The van der Waals surface area contributed by atoms with Crippen molar-refractivity contribution in [3.8, 4) is 0 Å². The van der Waals surface area contributed by atoms with Gasteiger partial charge in [0.05, 0.1) is 0 Å². The molecule has 2 nitrogen and oxygen atoms in total. The van der Waals surface area contributed by atoms with Crippen molar-refractivity contribution in [1.82, 2.24) is 0 Å². The summed E-state index contributed by atoms with van der Waals surface area (Å²) in [5.41, 5.74) is 0. The lowest BCUT2D eigenvalue weighted by Crippen LogP contribution is -1.93. The molecule has 0 fully saturated rings. The lowest BCUT2D eigenvalue weighted by molar-refractivity contribution is -0.137. The first-order chi connectivity index (χ1) is 9.77. The van der Waals surface area contributed by atoms with Gasteiger partial charge in [-0.1, -0.05) is 82.6 Å². The highest BCUT2D eigenvalue weighted by atomic mass is 16.4. The number of unbranched alkanes of at least 4 members (excludes halogenated alkanes) is 11. The van der Waals surface area contributed by atoms with E-state index in [-0.39, 0.29) is 0 Å². The van der Waals surface area contributed by atoms with Crippen LogP contribution in [0, 0.1) is 0 Å². The summed E-state index contributed by atoms with van der Waals surface area (Å²) in [6.45, 7) is 3.65. The van der Waals surface area contributed by atoms with E-state index < -0.39 is 5.97 Å². The lowest BCUT2D eigenvalue weighted by Gasteiger charge is -2.02. The van der Waals surface area contributed by atoms with E-state index in [0.717, 1.165) is 12.8 Å². The maximum absolute atomic E-state index is 10.3. The van der Waals surface area contributed by atoms with Crippen LogP contribution in [0.2, 0.25) is 0 Å². The van der Waals surface area contributed by atoms with E-state index in [1.165, 1.54) is 64.2 Å². The van der Waals surface area contributed by atoms with Crippen LogP contribution < -0.4 is 0 Å². The molecule has 0 spiro atoms. The van der Waals surface area contributed by atoms with Crippen LogP contribution in [-0.4, -0.2) is 11.1 Å². The van der Waals surface area contributed by atoms with E-state index in [4.69, 9.17) is 5.11 Å². The van der Waals surface area contributed by atoms with Gasteiger partial charge in [0.25, 0.3) is 0 Å². The largest absolute Gasteiger partial charge is 0.481 e. The fraction of sp³-hybridized carbons (Fsp3) is 0.722. The molecule has 116 valence electrons. The monoisotopic (exact) mass is 280 g/mol. The Morgan fingerprint density at radius 2 is 1.25 bits per heavy atom. The number of hydrogen-bond acceptors (Lipinski definition) is 1. The number of carboxylic acids is 1. The van der Waals surface area contributed by atoms with Gasteiger partial charge in [0, 0.05) is 6.42 Å². The van der Waals surface area contributed by atoms with E-state index in [2.05, 4.69) is 12.7 Å². The van der Waals surface area contributed by atoms with Gasteiger partial charge in [-0.05, 0) is 19.3 Å². The standard InChI is InChI=1S/C18H32O2/c1-2-3-4-5-6-7-8-9-10-11-12-13-14-15-16-17-18(19)20/h2-4H,1,5-17H2,(H,19,20). The van der Waals surface area contributed by atoms with Crippen LogP contribution in [0.5, 0.6) is 0 Å². The summed E-state index contributed by atoms with van der Waals surface area (Å²) in [7, 11) is 0. The molecule has 0 radical (unpaired) electrons. The predicted octanol–water partition coefficient (Wildman–Crippen LogP) is 5.88. The summed E-state index contributed by atoms with van der Waals surface area (Å²) in [5.74, 6) is -0.662. The van der Waals surface area contributed by atoms with E-state index in [1.54, 1.807) is 0 Å². The van der Waals surface area contributed by atoms with Crippen molar-refractivity contribution in [2.75, 3.05) is 0 Å². The maximum atomic E-state index is 10.3. The van der Waals surface area contributed by atoms with Crippen LogP contribution in [0.25, 0.3) is 0 Å². The van der Waals surface area contributed by atoms with Gasteiger partial charge in [0.1, 0.15) is 0 Å². The molecule has 20 heavy (non-hydrogen) atoms. The van der Waals surface area contributed by atoms with Crippen molar-refractivity contribution in [2.24, 2.45) is 0 Å². The minimum Gasteiger partial charge on any atom is -0.481 e. The molecule has 0 aliphatic rings. The Balaban J connectivity index is 3.01. The molecule has 0 aliphatic carbocycles. The highest BCUT2D eigenvalue weighted by Crippen LogP contribution is 2.12. The molecule has 0 amide bonds. The minimum atomic E-state index is -0.662. The van der Waals surface area contributed by atoms with Crippen molar-refractivity contribution in [1.29, 1.82) is 0 Å². The molecular weight excluding hydrogens is 248 g/mol. The molecule has 0 saturated carbocycles. The molecule has 0 bridgehead atoms. The van der Waals surface area contributed by atoms with Gasteiger partial charge in [0.2, 0.25) is 0 Å². The second-order valence-electron chi connectivity index (χ2n) is 5.49. The molecule has 0 aromatic carbocycles. The van der Waals surface area contributed by atoms with Crippen molar-refractivity contribution in [2.45, 2.75) is 83.5 Å². The van der Waals surface area contributed by atoms with Gasteiger partial charge in [-0.2, -0.15) is 0 Å². The Morgan fingerprint density at radius 3 is 1.70 bits per heavy atom. The zero-order valence-corrected chi connectivity index (χ0v) is 13.0. The topological polar surface area (TPSA) is 37.3 Å². The number of carbonyl (C=O) groups is 1. The summed E-state index contributed by atoms with van der Waals surface area (Å²) in [6.07, 6.45) is 21.3. The smallest absolute Gasteiger partial charge is 0.303 e. The van der Waals surface area contributed by atoms with Crippen LogP contribution in [0.3, 0.4) is 0 Å². The third-order valence-corrected chi connectivity index (χ3v) is 3.53. The minimum absolute atomic E-state index is 0.335. The highest BCUT2D eigenvalue weighted by molar-refractivity contribution is 5.66. The Hall–Kier alpha value is -1.05. The second kappa shape index (κ2) is 16.0. The van der Waals surface area contributed by atoms with Gasteiger partial charge < -0.3 is 5.11 Å². The molecule has 0 rings (SSSR count). The summed E-state index contributed by atoms with van der Waals surface area (Å²) in [5, 5.41) is 8.51. The van der Waals surface area contributed by atoms with Crippen LogP contribution in [0.15, 0.2) is 24.8 Å². The molecular formula is C18H32O2. The lowest BCUT2D eigenvalue weighted by atomic mass is 10.0. The van der Waals surface area contributed by atoms with Gasteiger partial charge in [0.15, 0.2) is 0 Å². The highest BCUT2D eigenvalue weighted by Gasteiger charge is 1.96. The van der Waals surface area contributed by atoms with Crippen molar-refractivity contribution >= 4 is 5.97 Å². The Labute approximate surface area is 125 Å². The summed E-state index contributed by atoms with van der Waals surface area (Å²) in [4.78, 5) is 10.3. The average Bonchev–Trinajstić information content (AvgIpc) is 2.43. The molecule has 0 aromatic rings. The SMILES string of the molecule is C=CC=CCCCCCCCCCCCCCC(=O)O. The Kier molecular flexibility index (Phi) is 15.2. The molecule has 0 saturated heterocycles. The number of rotatable bonds is 15. The quantitative estimate of drug-likeness (QED) is 0.300. The van der Waals surface area contributed by atoms with Crippen LogP contribution in [0.1, 0.15) is 83.5 Å². The Bertz CT molecular complexity index is 256. The summed E-state index contributed by atoms with van der Waals surface area (Å²) >= 11 is 0. The van der Waals surface area contributed by atoms with Crippen LogP contribution in [0.4, 0.5) is 0 Å². The number of hydrogen-bond donors (Lipinski definition) is 1. The first-order valence-electron chi connectivity index (χ1n) is 8.26. The fourth-order valence-electron chi connectivity index (χ4n) is 2.32. The zero-order valence-electron chi connectivity index (χ0n) is 13.0. The molecule has 0 heterocycles. The fourth-order valence-corrected chi connectivity index (χ4v) is 2.32. The first kappa shape index (κ1) is 18.9. The summed E-state index contributed by atoms with van der Waals surface area (Å²) < 4.78 is 0. The van der Waals surface area contributed by atoms with Gasteiger partial charge in [-0.15, -0.1) is 0 Å². The van der Waals surface area contributed by atoms with Crippen molar-refractivity contribution in [3.05, 3.63) is 24.8 Å². The van der Waals surface area contributed by atoms with Crippen LogP contribution in [-0.2, 0) is 4.79 Å². The molecule has 0 unspecified atom stereocenters.